The number of aromatic nitrogens is 2. The summed E-state index contributed by atoms with van der Waals surface area (Å²) in [6.45, 7) is 1.57. The summed E-state index contributed by atoms with van der Waals surface area (Å²) in [6.07, 6.45) is -3.53. The fourth-order valence-corrected chi connectivity index (χ4v) is 3.23. The molecule has 1 aliphatic heterocycles. The maximum atomic E-state index is 13.7. The van der Waals surface area contributed by atoms with Crippen LogP contribution in [0.2, 0.25) is 0 Å². The van der Waals surface area contributed by atoms with Crippen molar-refractivity contribution in [2.75, 3.05) is 10.6 Å². The minimum atomic E-state index is -4.57. The SMILES string of the molecule is Cc1ccc(NC(=O)c2cc3n(n2)C(C(F)(F)F)CC(c2ccco2)N3)cc1F. The number of rotatable bonds is 3. The lowest BCUT2D eigenvalue weighted by molar-refractivity contribution is -0.174. The van der Waals surface area contributed by atoms with Gasteiger partial charge < -0.3 is 15.1 Å². The molecule has 2 atom stereocenters. The van der Waals surface area contributed by atoms with Gasteiger partial charge in [-0.1, -0.05) is 6.07 Å². The van der Waals surface area contributed by atoms with Gasteiger partial charge in [-0.25, -0.2) is 9.07 Å². The Hall–Kier alpha value is -3.30. The molecule has 0 spiro atoms. The molecular weight excluding hydrogens is 392 g/mol. The maximum Gasteiger partial charge on any atom is 0.410 e. The normalized spacial score (nSPS) is 18.8. The molecule has 0 saturated carbocycles. The molecule has 1 aliphatic rings. The highest BCUT2D eigenvalue weighted by Gasteiger charge is 2.47. The quantitative estimate of drug-likeness (QED) is 0.609. The van der Waals surface area contributed by atoms with Crippen molar-refractivity contribution in [2.45, 2.75) is 31.6 Å². The molecule has 2 aromatic heterocycles. The second-order valence-electron chi connectivity index (χ2n) is 6.78. The maximum absolute atomic E-state index is 13.7. The molecule has 0 bridgehead atoms. The van der Waals surface area contributed by atoms with E-state index in [0.29, 0.717) is 11.3 Å². The summed E-state index contributed by atoms with van der Waals surface area (Å²) in [5, 5.41) is 9.22. The van der Waals surface area contributed by atoms with E-state index in [1.165, 1.54) is 24.5 Å². The Morgan fingerprint density at radius 2 is 2.10 bits per heavy atom. The lowest BCUT2D eigenvalue weighted by Crippen LogP contribution is -2.35. The van der Waals surface area contributed by atoms with Crippen LogP contribution in [0.1, 0.15) is 40.3 Å². The number of alkyl halides is 3. The molecule has 3 aromatic rings. The number of halogens is 4. The van der Waals surface area contributed by atoms with Crippen LogP contribution in [0.25, 0.3) is 0 Å². The van der Waals surface area contributed by atoms with Gasteiger partial charge in [-0.15, -0.1) is 0 Å². The number of hydrogen-bond donors (Lipinski definition) is 2. The summed E-state index contributed by atoms with van der Waals surface area (Å²) in [5.74, 6) is -0.854. The predicted octanol–water partition coefficient (Wildman–Crippen LogP) is 4.84. The molecule has 10 heteroatoms. The second kappa shape index (κ2) is 6.94. The minimum Gasteiger partial charge on any atom is -0.467 e. The summed E-state index contributed by atoms with van der Waals surface area (Å²) in [4.78, 5) is 12.5. The fraction of sp³-hybridized carbons (Fsp3) is 0.263. The highest BCUT2D eigenvalue weighted by atomic mass is 19.4. The zero-order chi connectivity index (χ0) is 20.8. The third-order valence-electron chi connectivity index (χ3n) is 4.74. The molecule has 2 unspecified atom stereocenters. The van der Waals surface area contributed by atoms with E-state index in [4.69, 9.17) is 4.42 Å². The van der Waals surface area contributed by atoms with Gasteiger partial charge in [0.05, 0.1) is 12.3 Å². The van der Waals surface area contributed by atoms with E-state index in [1.807, 2.05) is 0 Å². The summed E-state index contributed by atoms with van der Waals surface area (Å²) in [7, 11) is 0. The molecular formula is C19H16F4N4O2. The molecule has 0 aliphatic carbocycles. The molecule has 3 heterocycles. The Kier molecular flexibility index (Phi) is 4.56. The van der Waals surface area contributed by atoms with Gasteiger partial charge in [0.1, 0.15) is 17.4 Å². The minimum absolute atomic E-state index is 0.0419. The largest absolute Gasteiger partial charge is 0.467 e. The Morgan fingerprint density at radius 3 is 2.76 bits per heavy atom. The number of fused-ring (bicyclic) bond motifs is 1. The first kappa shape index (κ1) is 19.0. The highest BCUT2D eigenvalue weighted by Crippen LogP contribution is 2.43. The number of amides is 1. The van der Waals surface area contributed by atoms with Crippen LogP contribution >= 0.6 is 0 Å². The van der Waals surface area contributed by atoms with Crippen LogP contribution < -0.4 is 10.6 Å². The van der Waals surface area contributed by atoms with Gasteiger partial charge in [-0.3, -0.25) is 4.79 Å². The number of carbonyl (C=O) groups is 1. The van der Waals surface area contributed by atoms with Crippen LogP contribution in [-0.2, 0) is 0 Å². The van der Waals surface area contributed by atoms with Crippen molar-refractivity contribution in [1.29, 1.82) is 0 Å². The van der Waals surface area contributed by atoms with Crippen LogP contribution in [0, 0.1) is 12.7 Å². The van der Waals surface area contributed by atoms with Crippen molar-refractivity contribution in [3.05, 3.63) is 65.5 Å². The Bertz CT molecular complexity index is 1040. The smallest absolute Gasteiger partial charge is 0.410 e. The molecule has 152 valence electrons. The number of nitrogens with zero attached hydrogens (tertiary/aromatic N) is 2. The summed E-state index contributed by atoms with van der Waals surface area (Å²) in [5.41, 5.74) is 0.363. The number of carbonyl (C=O) groups excluding carboxylic acids is 1. The summed E-state index contributed by atoms with van der Waals surface area (Å²) >= 11 is 0. The first-order valence-corrected chi connectivity index (χ1v) is 8.76. The van der Waals surface area contributed by atoms with Crippen molar-refractivity contribution >= 4 is 17.4 Å². The van der Waals surface area contributed by atoms with Gasteiger partial charge in [0.25, 0.3) is 5.91 Å². The Labute approximate surface area is 162 Å². The first-order chi connectivity index (χ1) is 13.7. The second-order valence-corrected chi connectivity index (χ2v) is 6.78. The lowest BCUT2D eigenvalue weighted by atomic mass is 10.0. The summed E-state index contributed by atoms with van der Waals surface area (Å²) < 4.78 is 60.5. The van der Waals surface area contributed by atoms with E-state index in [-0.39, 0.29) is 23.6 Å². The number of anilines is 2. The van der Waals surface area contributed by atoms with E-state index < -0.39 is 30.0 Å². The standard InChI is InChI=1S/C19H16F4N4O2/c1-10-4-5-11(7-12(10)20)24-18(28)14-9-17-25-13(15-3-2-6-29-15)8-16(19(21,22)23)27(17)26-14/h2-7,9,13,16,25H,8H2,1H3,(H,24,28). The van der Waals surface area contributed by atoms with Crippen molar-refractivity contribution in [3.63, 3.8) is 0 Å². The zero-order valence-corrected chi connectivity index (χ0v) is 15.1. The monoisotopic (exact) mass is 408 g/mol. The van der Waals surface area contributed by atoms with Crippen LogP contribution in [0.15, 0.2) is 47.1 Å². The van der Waals surface area contributed by atoms with Gasteiger partial charge in [-0.2, -0.15) is 18.3 Å². The number of aryl methyl sites for hydroxylation is 1. The molecule has 4 rings (SSSR count). The van der Waals surface area contributed by atoms with Crippen molar-refractivity contribution in [1.82, 2.24) is 9.78 Å². The topological polar surface area (TPSA) is 72.1 Å². The molecule has 1 amide bonds. The molecule has 0 saturated heterocycles. The summed E-state index contributed by atoms with van der Waals surface area (Å²) in [6, 6.07) is 5.87. The van der Waals surface area contributed by atoms with Crippen molar-refractivity contribution in [3.8, 4) is 0 Å². The van der Waals surface area contributed by atoms with Gasteiger partial charge in [-0.05, 0) is 36.8 Å². The number of benzene rings is 1. The van der Waals surface area contributed by atoms with Gasteiger partial charge in [0, 0.05) is 18.2 Å². The molecule has 29 heavy (non-hydrogen) atoms. The molecule has 0 radical (unpaired) electrons. The molecule has 0 fully saturated rings. The molecule has 2 N–H and O–H groups in total. The highest BCUT2D eigenvalue weighted by molar-refractivity contribution is 6.03. The fourth-order valence-electron chi connectivity index (χ4n) is 3.23. The van der Waals surface area contributed by atoms with E-state index in [9.17, 15) is 22.4 Å². The third-order valence-corrected chi connectivity index (χ3v) is 4.74. The van der Waals surface area contributed by atoms with E-state index in [2.05, 4.69) is 15.7 Å². The number of nitrogens with one attached hydrogen (secondary N) is 2. The average molecular weight is 408 g/mol. The van der Waals surface area contributed by atoms with E-state index in [0.717, 1.165) is 10.7 Å². The van der Waals surface area contributed by atoms with E-state index in [1.54, 1.807) is 19.1 Å². The Morgan fingerprint density at radius 1 is 1.31 bits per heavy atom. The van der Waals surface area contributed by atoms with E-state index >= 15 is 0 Å². The van der Waals surface area contributed by atoms with Gasteiger partial charge >= 0.3 is 6.18 Å². The van der Waals surface area contributed by atoms with Crippen LogP contribution in [0.5, 0.6) is 0 Å². The third kappa shape index (κ3) is 3.69. The Balaban J connectivity index is 1.63. The predicted molar refractivity (Wildman–Crippen MR) is 96.1 cm³/mol. The molecule has 6 nitrogen and oxygen atoms in total. The van der Waals surface area contributed by atoms with Crippen LogP contribution in [0.3, 0.4) is 0 Å². The lowest BCUT2D eigenvalue weighted by Gasteiger charge is -2.32. The number of hydrogen-bond acceptors (Lipinski definition) is 4. The first-order valence-electron chi connectivity index (χ1n) is 8.76. The number of furan rings is 1. The van der Waals surface area contributed by atoms with Crippen LogP contribution in [-0.4, -0.2) is 21.9 Å². The van der Waals surface area contributed by atoms with Crippen molar-refractivity contribution in [2.24, 2.45) is 0 Å². The van der Waals surface area contributed by atoms with Gasteiger partial charge in [0.2, 0.25) is 0 Å². The van der Waals surface area contributed by atoms with Gasteiger partial charge in [0.15, 0.2) is 11.7 Å². The van der Waals surface area contributed by atoms with Crippen LogP contribution in [0.4, 0.5) is 29.1 Å². The zero-order valence-electron chi connectivity index (χ0n) is 15.1. The average Bonchev–Trinajstić information content (AvgIpc) is 3.32. The van der Waals surface area contributed by atoms with Crippen molar-refractivity contribution < 1.29 is 26.8 Å². The molecule has 1 aromatic carbocycles.